The van der Waals surface area contributed by atoms with Crippen LogP contribution in [0.1, 0.15) is 25.7 Å². The van der Waals surface area contributed by atoms with E-state index in [1.165, 1.54) is 23.5 Å². The van der Waals surface area contributed by atoms with Crippen LogP contribution in [0.25, 0.3) is 0 Å². The summed E-state index contributed by atoms with van der Waals surface area (Å²) in [5, 5.41) is 11.5. The highest BCUT2D eigenvalue weighted by molar-refractivity contribution is 7.12. The molecule has 0 aliphatic rings. The van der Waals surface area contributed by atoms with Gasteiger partial charge in [-0.25, -0.2) is 9.78 Å². The predicted octanol–water partition coefficient (Wildman–Crippen LogP) is 2.40. The van der Waals surface area contributed by atoms with Gasteiger partial charge in [-0.1, -0.05) is 6.07 Å². The SMILES string of the molecule is Cc1ncsc1C(=O)Nc1cccc(C(=O)O)c1. The standard InChI is InChI=1S/C12H10N2O3S/c1-7-10(18-6-13-7)11(15)14-9-4-2-3-8(5-9)12(16)17/h2-6H,1H3,(H,14,15)(H,16,17). The minimum absolute atomic E-state index is 0.133. The molecule has 1 amide bonds. The van der Waals surface area contributed by atoms with Crippen LogP contribution in [-0.2, 0) is 0 Å². The summed E-state index contributed by atoms with van der Waals surface area (Å²) in [5.41, 5.74) is 2.84. The maximum absolute atomic E-state index is 11.9. The number of carbonyl (C=O) groups is 2. The number of carbonyl (C=O) groups excluding carboxylic acids is 1. The number of carboxylic acids is 1. The molecule has 6 heteroatoms. The highest BCUT2D eigenvalue weighted by atomic mass is 32.1. The Morgan fingerprint density at radius 1 is 1.39 bits per heavy atom. The summed E-state index contributed by atoms with van der Waals surface area (Å²) in [6, 6.07) is 6.10. The fourth-order valence-electron chi connectivity index (χ4n) is 1.44. The van der Waals surface area contributed by atoms with Gasteiger partial charge in [0.25, 0.3) is 5.91 Å². The minimum atomic E-state index is -1.03. The maximum atomic E-state index is 11.9. The first-order chi connectivity index (χ1) is 8.58. The molecule has 18 heavy (non-hydrogen) atoms. The van der Waals surface area contributed by atoms with Crippen LogP contribution in [0.5, 0.6) is 0 Å². The Morgan fingerprint density at radius 3 is 2.78 bits per heavy atom. The van der Waals surface area contributed by atoms with Gasteiger partial charge in [0.05, 0.1) is 16.8 Å². The van der Waals surface area contributed by atoms with Crippen molar-refractivity contribution >= 4 is 28.9 Å². The Kier molecular flexibility index (Phi) is 3.38. The number of aromatic carboxylic acids is 1. The molecule has 0 saturated heterocycles. The van der Waals surface area contributed by atoms with Crippen LogP contribution in [0.4, 0.5) is 5.69 Å². The van der Waals surface area contributed by atoms with Crippen LogP contribution in [0.15, 0.2) is 29.8 Å². The first-order valence-electron chi connectivity index (χ1n) is 5.12. The number of hydrogen-bond acceptors (Lipinski definition) is 4. The topological polar surface area (TPSA) is 79.3 Å². The second-order valence-electron chi connectivity index (χ2n) is 3.61. The Balaban J connectivity index is 2.20. The van der Waals surface area contributed by atoms with E-state index in [-0.39, 0.29) is 11.5 Å². The van der Waals surface area contributed by atoms with Gasteiger partial charge in [-0.3, -0.25) is 4.79 Å². The van der Waals surface area contributed by atoms with Crippen molar-refractivity contribution in [3.05, 3.63) is 45.9 Å². The van der Waals surface area contributed by atoms with E-state index in [2.05, 4.69) is 10.3 Å². The number of aromatic nitrogens is 1. The first kappa shape index (κ1) is 12.3. The molecule has 0 unspecified atom stereocenters. The molecule has 2 aromatic rings. The zero-order chi connectivity index (χ0) is 13.1. The summed E-state index contributed by atoms with van der Waals surface area (Å²) < 4.78 is 0. The van der Waals surface area contributed by atoms with E-state index in [0.29, 0.717) is 16.3 Å². The normalized spacial score (nSPS) is 10.1. The zero-order valence-electron chi connectivity index (χ0n) is 9.51. The van der Waals surface area contributed by atoms with Crippen molar-refractivity contribution in [2.24, 2.45) is 0 Å². The number of aryl methyl sites for hydroxylation is 1. The predicted molar refractivity (Wildman–Crippen MR) is 68.2 cm³/mol. The van der Waals surface area contributed by atoms with Crippen molar-refractivity contribution in [2.45, 2.75) is 6.92 Å². The van der Waals surface area contributed by atoms with Gasteiger partial charge < -0.3 is 10.4 Å². The van der Waals surface area contributed by atoms with Crippen LogP contribution in [0, 0.1) is 6.92 Å². The van der Waals surface area contributed by atoms with Crippen LogP contribution in [0.2, 0.25) is 0 Å². The summed E-state index contributed by atoms with van der Waals surface area (Å²) in [5.74, 6) is -1.31. The number of benzene rings is 1. The highest BCUT2D eigenvalue weighted by Crippen LogP contribution is 2.16. The lowest BCUT2D eigenvalue weighted by molar-refractivity contribution is 0.0696. The number of hydrogen-bond donors (Lipinski definition) is 2. The molecule has 0 aliphatic heterocycles. The van der Waals surface area contributed by atoms with Crippen LogP contribution >= 0.6 is 11.3 Å². The third kappa shape index (κ3) is 2.54. The van der Waals surface area contributed by atoms with Gasteiger partial charge in [-0.2, -0.15) is 0 Å². The van der Waals surface area contributed by atoms with Crippen molar-refractivity contribution in [1.29, 1.82) is 0 Å². The van der Waals surface area contributed by atoms with Crippen molar-refractivity contribution in [3.8, 4) is 0 Å². The lowest BCUT2D eigenvalue weighted by atomic mass is 10.2. The smallest absolute Gasteiger partial charge is 0.335 e. The van der Waals surface area contributed by atoms with Crippen molar-refractivity contribution in [2.75, 3.05) is 5.32 Å². The molecule has 0 fully saturated rings. The van der Waals surface area contributed by atoms with Crippen molar-refractivity contribution in [1.82, 2.24) is 4.98 Å². The average molecular weight is 262 g/mol. The highest BCUT2D eigenvalue weighted by Gasteiger charge is 2.12. The van der Waals surface area contributed by atoms with E-state index < -0.39 is 5.97 Å². The fourth-order valence-corrected chi connectivity index (χ4v) is 2.14. The second kappa shape index (κ2) is 4.97. The van der Waals surface area contributed by atoms with Crippen LogP contribution < -0.4 is 5.32 Å². The van der Waals surface area contributed by atoms with E-state index in [0.717, 1.165) is 0 Å². The van der Waals surface area contributed by atoms with Gasteiger partial charge in [0.2, 0.25) is 0 Å². The van der Waals surface area contributed by atoms with Gasteiger partial charge in [-0.05, 0) is 25.1 Å². The summed E-state index contributed by atoms with van der Waals surface area (Å²) in [7, 11) is 0. The average Bonchev–Trinajstić information content (AvgIpc) is 2.76. The van der Waals surface area contributed by atoms with Crippen molar-refractivity contribution < 1.29 is 14.7 Å². The molecule has 1 aromatic heterocycles. The monoisotopic (exact) mass is 262 g/mol. The molecular formula is C12H10N2O3S. The lowest BCUT2D eigenvalue weighted by Gasteiger charge is -2.04. The van der Waals surface area contributed by atoms with Crippen LogP contribution in [0.3, 0.4) is 0 Å². The first-order valence-corrected chi connectivity index (χ1v) is 6.00. The number of nitrogens with zero attached hydrogens (tertiary/aromatic N) is 1. The number of nitrogens with one attached hydrogen (secondary N) is 1. The third-order valence-electron chi connectivity index (χ3n) is 2.32. The molecule has 2 rings (SSSR count). The third-order valence-corrected chi connectivity index (χ3v) is 3.25. The molecule has 0 aliphatic carbocycles. The molecule has 0 saturated carbocycles. The van der Waals surface area contributed by atoms with Crippen LogP contribution in [-0.4, -0.2) is 22.0 Å². The molecule has 1 heterocycles. The Bertz CT molecular complexity index is 607. The molecule has 0 radical (unpaired) electrons. The van der Waals surface area contributed by atoms with E-state index in [1.807, 2.05) is 0 Å². The minimum Gasteiger partial charge on any atom is -0.478 e. The molecule has 0 atom stereocenters. The summed E-state index contributed by atoms with van der Waals surface area (Å²) in [6.07, 6.45) is 0. The number of carboxylic acid groups (broad SMARTS) is 1. The number of amides is 1. The zero-order valence-corrected chi connectivity index (χ0v) is 10.3. The molecule has 0 bridgehead atoms. The van der Waals surface area contributed by atoms with Gasteiger partial charge in [0.15, 0.2) is 0 Å². The quantitative estimate of drug-likeness (QED) is 0.890. The lowest BCUT2D eigenvalue weighted by Crippen LogP contribution is -2.12. The summed E-state index contributed by atoms with van der Waals surface area (Å²) >= 11 is 1.25. The summed E-state index contributed by atoms with van der Waals surface area (Å²) in [6.45, 7) is 1.75. The van der Waals surface area contributed by atoms with E-state index >= 15 is 0 Å². The second-order valence-corrected chi connectivity index (χ2v) is 4.46. The number of thiazole rings is 1. The van der Waals surface area contributed by atoms with Crippen molar-refractivity contribution in [3.63, 3.8) is 0 Å². The fraction of sp³-hybridized carbons (Fsp3) is 0.0833. The Hall–Kier alpha value is -2.21. The molecule has 5 nitrogen and oxygen atoms in total. The van der Waals surface area contributed by atoms with Gasteiger partial charge in [0.1, 0.15) is 4.88 Å². The Morgan fingerprint density at radius 2 is 2.17 bits per heavy atom. The molecule has 92 valence electrons. The molecule has 1 aromatic carbocycles. The Labute approximate surface area is 107 Å². The molecule has 0 spiro atoms. The van der Waals surface area contributed by atoms with E-state index in [4.69, 9.17) is 5.11 Å². The maximum Gasteiger partial charge on any atom is 0.335 e. The summed E-state index contributed by atoms with van der Waals surface area (Å²) in [4.78, 5) is 27.2. The number of anilines is 1. The van der Waals surface area contributed by atoms with E-state index in [1.54, 1.807) is 24.6 Å². The largest absolute Gasteiger partial charge is 0.478 e. The van der Waals surface area contributed by atoms with Gasteiger partial charge in [-0.15, -0.1) is 11.3 Å². The molecule has 2 N–H and O–H groups in total. The van der Waals surface area contributed by atoms with E-state index in [9.17, 15) is 9.59 Å². The molecular weight excluding hydrogens is 252 g/mol. The number of rotatable bonds is 3. The van der Waals surface area contributed by atoms with Gasteiger partial charge in [0, 0.05) is 5.69 Å². The van der Waals surface area contributed by atoms with Gasteiger partial charge >= 0.3 is 5.97 Å².